The van der Waals surface area contributed by atoms with Crippen molar-refractivity contribution in [2.24, 2.45) is 0 Å². The highest BCUT2D eigenvalue weighted by Gasteiger charge is 2.30. The first-order valence-corrected chi connectivity index (χ1v) is 12.4. The lowest BCUT2D eigenvalue weighted by atomic mass is 9.94. The maximum absolute atomic E-state index is 13.3. The van der Waals surface area contributed by atoms with Gasteiger partial charge < -0.3 is 8.83 Å². The molecule has 2 heterocycles. The lowest BCUT2D eigenvalue weighted by molar-refractivity contribution is -0.137. The van der Waals surface area contributed by atoms with E-state index in [0.29, 0.717) is 33.0 Å². The van der Waals surface area contributed by atoms with E-state index in [9.17, 15) is 23.7 Å². The fraction of sp³-hybridized carbons (Fsp3) is 0.0625. The number of nitriles is 2. The number of aromatic nitrogens is 2. The predicted octanol–water partition coefficient (Wildman–Crippen LogP) is 6.89. The first-order chi connectivity index (χ1) is 20.7. The molecule has 0 N–H and O–H groups in total. The van der Waals surface area contributed by atoms with Crippen LogP contribution in [-0.4, -0.2) is 9.97 Å². The second-order valence-electron chi connectivity index (χ2n) is 9.43. The smallest absolute Gasteiger partial charge is 0.416 e. The topological polar surface area (TPSA) is 108 Å². The first-order valence-electron chi connectivity index (χ1n) is 12.4. The van der Waals surface area contributed by atoms with E-state index in [1.54, 1.807) is 24.3 Å². The second kappa shape index (κ2) is 9.89. The Labute approximate surface area is 240 Å². The van der Waals surface area contributed by atoms with Crippen LogP contribution in [0.2, 0.25) is 0 Å². The number of oxazole rings is 2. The number of hydrogen-bond acceptors (Lipinski definition) is 6. The Morgan fingerprint density at radius 2 is 1.28 bits per heavy atom. The van der Waals surface area contributed by atoms with Crippen LogP contribution in [0, 0.1) is 42.7 Å². The number of hydrogen-bond donors (Lipinski definition) is 0. The Kier molecular flexibility index (Phi) is 6.16. The summed E-state index contributed by atoms with van der Waals surface area (Å²) in [6, 6.07) is 19.0. The summed E-state index contributed by atoms with van der Waals surface area (Å²) in [5.41, 5.74) is 1.72. The summed E-state index contributed by atoms with van der Waals surface area (Å²) in [6.45, 7) is 16.7. The zero-order valence-corrected chi connectivity index (χ0v) is 21.9. The molecule has 43 heavy (non-hydrogen) atoms. The van der Waals surface area contributed by atoms with Gasteiger partial charge in [0.05, 0.1) is 36.2 Å². The molecule has 11 heteroatoms. The molecular weight excluding hydrogens is 557 g/mol. The zero-order valence-electron chi connectivity index (χ0n) is 21.9. The van der Waals surface area contributed by atoms with Crippen molar-refractivity contribution >= 4 is 44.4 Å². The molecule has 0 saturated carbocycles. The number of halogens is 3. The summed E-state index contributed by atoms with van der Waals surface area (Å²) < 4.78 is 51.8. The average molecular weight is 570 g/mol. The molecule has 4 aromatic carbocycles. The number of rotatable bonds is 2. The molecule has 0 fully saturated rings. The Balaban J connectivity index is 1.82. The van der Waals surface area contributed by atoms with E-state index in [-0.39, 0.29) is 33.5 Å². The van der Waals surface area contributed by atoms with Crippen LogP contribution in [-0.2, 0) is 6.18 Å². The zero-order chi connectivity index (χ0) is 30.5. The number of benzene rings is 4. The van der Waals surface area contributed by atoms with E-state index in [4.69, 9.17) is 22.0 Å². The van der Waals surface area contributed by atoms with E-state index >= 15 is 0 Å². The minimum absolute atomic E-state index is 0.0932. The third-order valence-electron chi connectivity index (χ3n) is 6.83. The quantitative estimate of drug-likeness (QED) is 0.210. The average Bonchev–Trinajstić information content (AvgIpc) is 3.63. The largest absolute Gasteiger partial charge is 0.445 e. The molecule has 6 rings (SSSR count). The van der Waals surface area contributed by atoms with Crippen LogP contribution in [0.15, 0.2) is 69.5 Å². The lowest BCUT2D eigenvalue weighted by Gasteiger charge is -2.11. The Bertz CT molecular complexity index is 2390. The molecule has 0 radical (unpaired) electrons. The molecule has 0 aliphatic heterocycles. The molecule has 0 spiro atoms. The van der Waals surface area contributed by atoms with Crippen LogP contribution < -0.4 is 11.1 Å². The second-order valence-corrected chi connectivity index (χ2v) is 9.43. The van der Waals surface area contributed by atoms with Gasteiger partial charge in [0.2, 0.25) is 11.1 Å². The van der Waals surface area contributed by atoms with Gasteiger partial charge in [-0.2, -0.15) is 13.2 Å². The van der Waals surface area contributed by atoms with Crippen molar-refractivity contribution in [1.82, 2.24) is 9.97 Å². The van der Waals surface area contributed by atoms with E-state index in [2.05, 4.69) is 19.7 Å². The van der Waals surface area contributed by atoms with Crippen LogP contribution in [0.3, 0.4) is 0 Å². The van der Waals surface area contributed by atoms with Crippen LogP contribution >= 0.6 is 0 Å². The molecule has 0 bridgehead atoms. The molecule has 8 nitrogen and oxygen atoms in total. The summed E-state index contributed by atoms with van der Waals surface area (Å²) in [6.07, 6.45) is -4.54. The van der Waals surface area contributed by atoms with E-state index in [1.807, 2.05) is 31.2 Å². The number of nitrogens with zero attached hydrogens (tertiary/aromatic N) is 6. The van der Waals surface area contributed by atoms with Gasteiger partial charge in [0.15, 0.2) is 11.2 Å². The number of fused-ring (bicyclic) bond motifs is 5. The molecular formula is C32H13F3N6O2. The van der Waals surface area contributed by atoms with Crippen molar-refractivity contribution < 1.29 is 22.0 Å². The number of alkyl halides is 3. The fourth-order valence-corrected chi connectivity index (χ4v) is 4.80. The molecule has 0 aliphatic rings. The Morgan fingerprint density at radius 3 is 1.84 bits per heavy atom. The van der Waals surface area contributed by atoms with Gasteiger partial charge >= 0.3 is 17.6 Å². The maximum atomic E-state index is 13.3. The van der Waals surface area contributed by atoms with Gasteiger partial charge in [0.25, 0.3) is 0 Å². The molecule has 0 amide bonds. The molecule has 6 aromatic rings. The molecule has 0 aliphatic carbocycles. The van der Waals surface area contributed by atoms with E-state index in [0.717, 1.165) is 23.3 Å². The van der Waals surface area contributed by atoms with Gasteiger partial charge in [0, 0.05) is 11.1 Å². The van der Waals surface area contributed by atoms with E-state index in [1.165, 1.54) is 12.1 Å². The predicted molar refractivity (Wildman–Crippen MR) is 150 cm³/mol. The highest BCUT2D eigenvalue weighted by atomic mass is 19.4. The molecule has 2 aromatic heterocycles. The van der Waals surface area contributed by atoms with Crippen molar-refractivity contribution in [3.05, 3.63) is 106 Å². The summed E-state index contributed by atoms with van der Waals surface area (Å²) in [5.74, 6) is 0. The van der Waals surface area contributed by atoms with Gasteiger partial charge in [-0.3, -0.25) is 0 Å². The summed E-state index contributed by atoms with van der Waals surface area (Å²) in [4.78, 5) is 15.3. The Hall–Kier alpha value is -6.43. The Morgan fingerprint density at radius 1 is 0.767 bits per heavy atom. The lowest BCUT2D eigenvalue weighted by Crippen LogP contribution is -2.04. The standard InChI is InChI=1S/C32H13F3N6O2/c1-16-4-6-17(7-5-16)21-12-19-13-22(18-8-10-20(11-9-18)32(33,34)35)28-27(41-31(42-28)24(15-37)39-3)25(19)29-26(21)40-30(43-29)23(14-36)38-2/h4-13H,1H3/b30-23+,31-24+. The highest BCUT2D eigenvalue weighted by Crippen LogP contribution is 2.41. The van der Waals surface area contributed by atoms with Gasteiger partial charge in [-0.15, -0.1) is 0 Å². The van der Waals surface area contributed by atoms with Gasteiger partial charge in [-0.05, 0) is 47.7 Å². The molecule has 0 unspecified atom stereocenters. The molecule has 204 valence electrons. The van der Waals surface area contributed by atoms with Crippen molar-refractivity contribution in [1.29, 1.82) is 10.5 Å². The SMILES string of the molecule is [C-]#[N+]/C(C#N)=c1\nc2c(o1)c(-c1ccc(C(F)(F)F)cc1)cc1cc(-c3ccc(C)cc3)c3n/c(=C(/C#N)[N+]#[C-])oc3c12. The number of aryl methyl sites for hydroxylation is 1. The monoisotopic (exact) mass is 570 g/mol. The summed E-state index contributed by atoms with van der Waals surface area (Å²) in [5, 5.41) is 19.9. The highest BCUT2D eigenvalue weighted by molar-refractivity contribution is 6.21. The van der Waals surface area contributed by atoms with Gasteiger partial charge in [-0.1, -0.05) is 42.0 Å². The van der Waals surface area contributed by atoms with Crippen LogP contribution in [0.5, 0.6) is 0 Å². The van der Waals surface area contributed by atoms with Crippen molar-refractivity contribution in [3.63, 3.8) is 0 Å². The van der Waals surface area contributed by atoms with Gasteiger partial charge in [-0.25, -0.2) is 30.2 Å². The minimum Gasteiger partial charge on any atom is -0.445 e. The third-order valence-corrected chi connectivity index (χ3v) is 6.83. The van der Waals surface area contributed by atoms with Crippen LogP contribution in [0.1, 0.15) is 11.1 Å². The van der Waals surface area contributed by atoms with Crippen molar-refractivity contribution in [3.8, 4) is 34.4 Å². The van der Waals surface area contributed by atoms with Gasteiger partial charge in [0.1, 0.15) is 11.0 Å². The van der Waals surface area contributed by atoms with E-state index < -0.39 is 17.4 Å². The fourth-order valence-electron chi connectivity index (χ4n) is 4.80. The summed E-state index contributed by atoms with van der Waals surface area (Å²) in [7, 11) is 0. The van der Waals surface area contributed by atoms with Crippen molar-refractivity contribution in [2.45, 2.75) is 13.1 Å². The molecule has 0 atom stereocenters. The normalized spacial score (nSPS) is 12.8. The third kappa shape index (κ3) is 4.39. The maximum Gasteiger partial charge on any atom is 0.416 e. The van der Waals surface area contributed by atoms with Crippen LogP contribution in [0.4, 0.5) is 13.2 Å². The minimum atomic E-state index is -4.54. The van der Waals surface area contributed by atoms with Crippen LogP contribution in [0.25, 0.3) is 76.3 Å². The summed E-state index contributed by atoms with van der Waals surface area (Å²) >= 11 is 0. The van der Waals surface area contributed by atoms with Crippen molar-refractivity contribution in [2.75, 3.05) is 0 Å². The molecule has 0 saturated heterocycles. The first kappa shape index (κ1) is 26.8.